The molecule has 0 aliphatic rings. The van der Waals surface area contributed by atoms with E-state index >= 15 is 0 Å². The average Bonchev–Trinajstić information content (AvgIpc) is 2.85. The number of halogens is 2. The van der Waals surface area contributed by atoms with Gasteiger partial charge in [0.2, 0.25) is 0 Å². The molecular formula is C18H15BrClN3. The highest BCUT2D eigenvalue weighted by molar-refractivity contribution is 9.10. The molecule has 0 bridgehead atoms. The van der Waals surface area contributed by atoms with E-state index in [2.05, 4.69) is 57.9 Å². The van der Waals surface area contributed by atoms with Crippen molar-refractivity contribution in [2.75, 3.05) is 0 Å². The number of nitrogens with one attached hydrogen (secondary N) is 1. The minimum atomic E-state index is 0.442. The quantitative estimate of drug-likeness (QED) is 0.590. The van der Waals surface area contributed by atoms with Gasteiger partial charge in [0.1, 0.15) is 11.7 Å². The molecule has 23 heavy (non-hydrogen) atoms. The molecule has 2 heterocycles. The lowest BCUT2D eigenvalue weighted by molar-refractivity contribution is 0.866. The summed E-state index contributed by atoms with van der Waals surface area (Å²) < 4.78 is 0.944. The molecule has 2 aromatic heterocycles. The normalized spacial score (nSPS) is 11.2. The fourth-order valence-electron chi connectivity index (χ4n) is 2.67. The molecule has 0 atom stereocenters. The topological polar surface area (TPSA) is 52.5 Å². The Bertz CT molecular complexity index is 951. The van der Waals surface area contributed by atoms with Crippen molar-refractivity contribution >= 4 is 38.6 Å². The lowest BCUT2D eigenvalue weighted by Gasteiger charge is -2.09. The summed E-state index contributed by atoms with van der Waals surface area (Å²) in [5.41, 5.74) is 4.88. The molecule has 0 saturated heterocycles. The Balaban J connectivity index is 2.29. The summed E-state index contributed by atoms with van der Waals surface area (Å²) in [4.78, 5) is 7.71. The van der Waals surface area contributed by atoms with Gasteiger partial charge in [-0.05, 0) is 30.5 Å². The molecule has 0 radical (unpaired) electrons. The molecule has 0 aliphatic heterocycles. The van der Waals surface area contributed by atoms with Crippen LogP contribution in [0.25, 0.3) is 22.3 Å². The zero-order chi connectivity index (χ0) is 16.7. The summed E-state index contributed by atoms with van der Waals surface area (Å²) >= 11 is 9.95. The summed E-state index contributed by atoms with van der Waals surface area (Å²) in [5.74, 6) is 0.442. The summed E-state index contributed by atoms with van der Waals surface area (Å²) in [5, 5.41) is 10.8. The van der Waals surface area contributed by atoms with Gasteiger partial charge < -0.3 is 4.98 Å². The van der Waals surface area contributed by atoms with Crippen LogP contribution in [-0.4, -0.2) is 9.97 Å². The van der Waals surface area contributed by atoms with Gasteiger partial charge >= 0.3 is 0 Å². The Morgan fingerprint density at radius 3 is 2.65 bits per heavy atom. The van der Waals surface area contributed by atoms with E-state index in [0.717, 1.165) is 21.4 Å². The van der Waals surface area contributed by atoms with Crippen LogP contribution in [0.15, 0.2) is 28.7 Å². The first-order valence-electron chi connectivity index (χ1n) is 7.31. The van der Waals surface area contributed by atoms with Gasteiger partial charge in [-0.15, -0.1) is 0 Å². The van der Waals surface area contributed by atoms with Crippen molar-refractivity contribution in [2.45, 2.75) is 26.7 Å². The summed E-state index contributed by atoms with van der Waals surface area (Å²) in [7, 11) is 0. The van der Waals surface area contributed by atoms with E-state index in [-0.39, 0.29) is 0 Å². The minimum Gasteiger partial charge on any atom is -0.338 e. The molecule has 3 aromatic rings. The van der Waals surface area contributed by atoms with Gasteiger partial charge in [-0.25, -0.2) is 4.98 Å². The van der Waals surface area contributed by atoms with Crippen LogP contribution in [-0.2, 0) is 0 Å². The van der Waals surface area contributed by atoms with Crippen LogP contribution in [0, 0.1) is 18.3 Å². The first-order valence-corrected chi connectivity index (χ1v) is 8.48. The van der Waals surface area contributed by atoms with E-state index in [0.29, 0.717) is 27.5 Å². The van der Waals surface area contributed by atoms with Gasteiger partial charge in [0, 0.05) is 15.7 Å². The summed E-state index contributed by atoms with van der Waals surface area (Å²) in [6, 6.07) is 10.2. The molecule has 0 saturated carbocycles. The number of hydrogen-bond donors (Lipinski definition) is 1. The van der Waals surface area contributed by atoms with Gasteiger partial charge in [-0.3, -0.25) is 0 Å². The van der Waals surface area contributed by atoms with Crippen molar-refractivity contribution in [1.29, 1.82) is 5.26 Å². The SMILES string of the molecule is Cc1cc(Cl)c2c(C#N)c(-c3ccc(C(C)C)cc3Br)[nH]c2n1. The predicted octanol–water partition coefficient (Wildman–Crippen LogP) is 5.95. The Labute approximate surface area is 148 Å². The monoisotopic (exact) mass is 387 g/mol. The van der Waals surface area contributed by atoms with Gasteiger partial charge in [0.25, 0.3) is 0 Å². The fourth-order valence-corrected chi connectivity index (χ4v) is 3.61. The second-order valence-electron chi connectivity index (χ2n) is 5.85. The lowest BCUT2D eigenvalue weighted by atomic mass is 9.99. The number of hydrogen-bond acceptors (Lipinski definition) is 2. The van der Waals surface area contributed by atoms with Crippen molar-refractivity contribution in [1.82, 2.24) is 9.97 Å². The molecule has 1 N–H and O–H groups in total. The van der Waals surface area contributed by atoms with Crippen LogP contribution >= 0.6 is 27.5 Å². The second-order valence-corrected chi connectivity index (χ2v) is 7.11. The maximum atomic E-state index is 9.62. The Hall–Kier alpha value is -1.83. The van der Waals surface area contributed by atoms with E-state index in [1.165, 1.54) is 5.56 Å². The van der Waals surface area contributed by atoms with Crippen LogP contribution in [0.4, 0.5) is 0 Å². The van der Waals surface area contributed by atoms with Crippen LogP contribution < -0.4 is 0 Å². The molecule has 5 heteroatoms. The number of rotatable bonds is 2. The molecule has 116 valence electrons. The Morgan fingerprint density at radius 2 is 2.04 bits per heavy atom. The highest BCUT2D eigenvalue weighted by atomic mass is 79.9. The van der Waals surface area contributed by atoms with Gasteiger partial charge in [-0.2, -0.15) is 5.26 Å². The van der Waals surface area contributed by atoms with Crippen molar-refractivity contribution < 1.29 is 0 Å². The van der Waals surface area contributed by atoms with Gasteiger partial charge in [0.15, 0.2) is 0 Å². The van der Waals surface area contributed by atoms with Crippen molar-refractivity contribution in [3.8, 4) is 17.3 Å². The second kappa shape index (κ2) is 5.99. The molecule has 0 fully saturated rings. The lowest BCUT2D eigenvalue weighted by Crippen LogP contribution is -1.90. The summed E-state index contributed by atoms with van der Waals surface area (Å²) in [6.07, 6.45) is 0. The standard InChI is InChI=1S/C18H15BrClN3/c1-9(2)11-4-5-12(14(19)7-11)17-13(8-21)16-15(20)6-10(3)22-18(16)23-17/h4-7,9H,1-3H3,(H,22,23). The fraction of sp³-hybridized carbons (Fsp3) is 0.222. The number of nitriles is 1. The van der Waals surface area contributed by atoms with Crippen molar-refractivity contribution in [3.05, 3.63) is 50.6 Å². The number of aryl methyl sites for hydroxylation is 1. The zero-order valence-electron chi connectivity index (χ0n) is 13.0. The maximum Gasteiger partial charge on any atom is 0.140 e. The first-order chi connectivity index (χ1) is 10.9. The van der Waals surface area contributed by atoms with Gasteiger partial charge in [-0.1, -0.05) is 53.5 Å². The third-order valence-electron chi connectivity index (χ3n) is 3.88. The molecule has 0 amide bonds. The maximum absolute atomic E-state index is 9.62. The van der Waals surface area contributed by atoms with E-state index in [1.54, 1.807) is 6.07 Å². The summed E-state index contributed by atoms with van der Waals surface area (Å²) in [6.45, 7) is 6.18. The smallest absolute Gasteiger partial charge is 0.140 e. The molecule has 3 nitrogen and oxygen atoms in total. The number of fused-ring (bicyclic) bond motifs is 1. The Kier molecular flexibility index (Phi) is 4.18. The number of pyridine rings is 1. The van der Waals surface area contributed by atoms with E-state index < -0.39 is 0 Å². The highest BCUT2D eigenvalue weighted by Gasteiger charge is 2.19. The molecular weight excluding hydrogens is 374 g/mol. The average molecular weight is 389 g/mol. The van der Waals surface area contributed by atoms with Crippen LogP contribution in [0.3, 0.4) is 0 Å². The van der Waals surface area contributed by atoms with Crippen LogP contribution in [0.2, 0.25) is 5.02 Å². The molecule has 0 aliphatic carbocycles. The van der Waals surface area contributed by atoms with Crippen molar-refractivity contribution in [3.63, 3.8) is 0 Å². The van der Waals surface area contributed by atoms with Crippen LogP contribution in [0.1, 0.15) is 36.6 Å². The van der Waals surface area contributed by atoms with Gasteiger partial charge in [0.05, 0.1) is 21.7 Å². The predicted molar refractivity (Wildman–Crippen MR) is 97.8 cm³/mol. The molecule has 0 spiro atoms. The molecule has 0 unspecified atom stereocenters. The van der Waals surface area contributed by atoms with E-state index in [4.69, 9.17) is 11.6 Å². The largest absolute Gasteiger partial charge is 0.338 e. The zero-order valence-corrected chi connectivity index (χ0v) is 15.4. The number of benzene rings is 1. The number of nitrogens with zero attached hydrogens (tertiary/aromatic N) is 2. The number of H-pyrrole nitrogens is 1. The van der Waals surface area contributed by atoms with Crippen LogP contribution in [0.5, 0.6) is 0 Å². The third-order valence-corrected chi connectivity index (χ3v) is 4.84. The minimum absolute atomic E-state index is 0.442. The number of aromatic amines is 1. The third kappa shape index (κ3) is 2.75. The highest BCUT2D eigenvalue weighted by Crippen LogP contribution is 2.37. The number of aromatic nitrogens is 2. The first kappa shape index (κ1) is 16.0. The van der Waals surface area contributed by atoms with Crippen molar-refractivity contribution in [2.24, 2.45) is 0 Å². The molecule has 1 aromatic carbocycles. The van der Waals surface area contributed by atoms with E-state index in [1.807, 2.05) is 13.0 Å². The Morgan fingerprint density at radius 1 is 1.30 bits per heavy atom. The van der Waals surface area contributed by atoms with E-state index in [9.17, 15) is 5.26 Å². The molecule has 3 rings (SSSR count).